The molecule has 1 saturated carbocycles. The maximum atomic E-state index is 5.79. The molecular weight excluding hydrogens is 389 g/mol. The molecule has 0 unspecified atom stereocenters. The first kappa shape index (κ1) is 19.1. The minimum absolute atomic E-state index is 0. The Kier molecular flexibility index (Phi) is 8.60. The Labute approximate surface area is 151 Å². The molecule has 0 amide bonds. The third-order valence-electron chi connectivity index (χ3n) is 3.78. The van der Waals surface area contributed by atoms with Gasteiger partial charge in [0, 0.05) is 13.1 Å². The van der Waals surface area contributed by atoms with Gasteiger partial charge in [-0.3, -0.25) is 4.99 Å². The molecule has 4 nitrogen and oxygen atoms in total. The average molecular weight is 417 g/mol. The van der Waals surface area contributed by atoms with E-state index >= 15 is 0 Å². The minimum Gasteiger partial charge on any atom is -0.492 e. The third kappa shape index (κ3) is 6.42. The topological polar surface area (TPSA) is 45.7 Å². The van der Waals surface area contributed by atoms with E-state index in [-0.39, 0.29) is 24.0 Å². The van der Waals surface area contributed by atoms with Gasteiger partial charge in [0.15, 0.2) is 5.96 Å². The van der Waals surface area contributed by atoms with E-state index in [9.17, 15) is 0 Å². The quantitative estimate of drug-likeness (QED) is 0.334. The number of nitrogens with zero attached hydrogens (tertiary/aromatic N) is 1. The van der Waals surface area contributed by atoms with Crippen molar-refractivity contribution in [1.82, 2.24) is 10.6 Å². The molecule has 0 radical (unpaired) electrons. The molecule has 0 aliphatic heterocycles. The molecule has 22 heavy (non-hydrogen) atoms. The molecule has 1 aliphatic carbocycles. The van der Waals surface area contributed by atoms with Crippen molar-refractivity contribution in [3.63, 3.8) is 0 Å². The Morgan fingerprint density at radius 1 is 1.18 bits per heavy atom. The second-order valence-electron chi connectivity index (χ2n) is 5.80. The maximum Gasteiger partial charge on any atom is 0.191 e. The zero-order valence-electron chi connectivity index (χ0n) is 13.8. The van der Waals surface area contributed by atoms with Crippen LogP contribution in [0.5, 0.6) is 5.75 Å². The fraction of sp³-hybridized carbons (Fsp3) is 0.588. The predicted molar refractivity (Wildman–Crippen MR) is 104 cm³/mol. The van der Waals surface area contributed by atoms with E-state index in [0.717, 1.165) is 18.3 Å². The zero-order chi connectivity index (χ0) is 15.1. The summed E-state index contributed by atoms with van der Waals surface area (Å²) in [5.41, 5.74) is 2.47. The highest BCUT2D eigenvalue weighted by atomic mass is 127. The van der Waals surface area contributed by atoms with Crippen LogP contribution in [0.1, 0.15) is 36.8 Å². The van der Waals surface area contributed by atoms with Gasteiger partial charge in [0.2, 0.25) is 0 Å². The zero-order valence-corrected chi connectivity index (χ0v) is 16.1. The minimum atomic E-state index is 0. The molecule has 0 bridgehead atoms. The first-order chi connectivity index (χ1) is 10.2. The highest BCUT2D eigenvalue weighted by molar-refractivity contribution is 14.0. The molecule has 0 saturated heterocycles. The molecular formula is C17H28IN3O. The summed E-state index contributed by atoms with van der Waals surface area (Å²) in [5.74, 6) is 1.82. The summed E-state index contributed by atoms with van der Waals surface area (Å²) in [6, 6.07) is 6.87. The van der Waals surface area contributed by atoms with Crippen molar-refractivity contribution < 1.29 is 4.74 Å². The molecule has 0 aromatic heterocycles. The number of hydrogen-bond donors (Lipinski definition) is 2. The Morgan fingerprint density at radius 2 is 1.82 bits per heavy atom. The van der Waals surface area contributed by atoms with Gasteiger partial charge in [-0.1, -0.05) is 18.9 Å². The molecule has 2 rings (SSSR count). The van der Waals surface area contributed by atoms with E-state index in [4.69, 9.17) is 4.74 Å². The van der Waals surface area contributed by atoms with Gasteiger partial charge in [-0.05, 0) is 49.9 Å². The van der Waals surface area contributed by atoms with Crippen LogP contribution >= 0.6 is 24.0 Å². The van der Waals surface area contributed by atoms with Crippen LogP contribution in [0.3, 0.4) is 0 Å². The number of benzene rings is 1. The molecule has 2 N–H and O–H groups in total. The normalized spacial score (nSPS) is 15.3. The highest BCUT2D eigenvalue weighted by Gasteiger charge is 2.15. The van der Waals surface area contributed by atoms with Crippen molar-refractivity contribution in [2.75, 3.05) is 20.2 Å². The predicted octanol–water partition coefficient (Wildman–Crippen LogP) is 3.41. The fourth-order valence-electron chi connectivity index (χ4n) is 2.81. The summed E-state index contributed by atoms with van der Waals surface area (Å²) in [7, 11) is 1.81. The number of aliphatic imine (C=N–C) groups is 1. The summed E-state index contributed by atoms with van der Waals surface area (Å²) in [6.07, 6.45) is 5.15. The van der Waals surface area contributed by atoms with Crippen molar-refractivity contribution in [1.29, 1.82) is 0 Å². The lowest BCUT2D eigenvalue weighted by molar-refractivity contribution is 0.321. The highest BCUT2D eigenvalue weighted by Crippen LogP contribution is 2.17. The summed E-state index contributed by atoms with van der Waals surface area (Å²) in [4.78, 5) is 4.26. The lowest BCUT2D eigenvalue weighted by Crippen LogP contribution is -2.43. The van der Waals surface area contributed by atoms with Crippen LogP contribution < -0.4 is 15.4 Å². The van der Waals surface area contributed by atoms with Gasteiger partial charge in [-0.2, -0.15) is 0 Å². The lowest BCUT2D eigenvalue weighted by atomic mass is 10.1. The van der Waals surface area contributed by atoms with Crippen molar-refractivity contribution in [3.05, 3.63) is 29.3 Å². The summed E-state index contributed by atoms with van der Waals surface area (Å²) >= 11 is 0. The lowest BCUT2D eigenvalue weighted by Gasteiger charge is -2.17. The van der Waals surface area contributed by atoms with Crippen molar-refractivity contribution in [2.24, 2.45) is 4.99 Å². The Balaban J connectivity index is 0.00000242. The standard InChI is InChI=1S/C17H27N3O.HI/c1-13-10-14(2)12-16(11-13)21-9-8-19-17(18-3)20-15-6-4-5-7-15;/h10-12,15H,4-9H2,1-3H3,(H2,18,19,20);1H. The number of ether oxygens (including phenoxy) is 1. The molecule has 1 fully saturated rings. The van der Waals surface area contributed by atoms with Gasteiger partial charge in [0.1, 0.15) is 12.4 Å². The first-order valence-corrected chi connectivity index (χ1v) is 7.85. The van der Waals surface area contributed by atoms with Crippen LogP contribution in [0.15, 0.2) is 23.2 Å². The van der Waals surface area contributed by atoms with E-state index in [2.05, 4.69) is 47.7 Å². The Bertz CT molecular complexity index is 465. The fourth-order valence-corrected chi connectivity index (χ4v) is 2.81. The van der Waals surface area contributed by atoms with Gasteiger partial charge in [-0.25, -0.2) is 0 Å². The van der Waals surface area contributed by atoms with Gasteiger partial charge in [0.05, 0.1) is 6.54 Å². The van der Waals surface area contributed by atoms with E-state index in [1.54, 1.807) is 0 Å². The van der Waals surface area contributed by atoms with Crippen LogP contribution in [0.4, 0.5) is 0 Å². The van der Waals surface area contributed by atoms with Crippen molar-refractivity contribution in [2.45, 2.75) is 45.6 Å². The molecule has 0 atom stereocenters. The van der Waals surface area contributed by atoms with Gasteiger partial charge in [-0.15, -0.1) is 24.0 Å². The number of hydrogen-bond acceptors (Lipinski definition) is 2. The van der Waals surface area contributed by atoms with Crippen LogP contribution in [0, 0.1) is 13.8 Å². The van der Waals surface area contributed by atoms with Gasteiger partial charge < -0.3 is 15.4 Å². The van der Waals surface area contributed by atoms with E-state index in [1.165, 1.54) is 36.8 Å². The molecule has 1 aromatic rings. The number of nitrogens with one attached hydrogen (secondary N) is 2. The second kappa shape index (κ2) is 9.92. The van der Waals surface area contributed by atoms with Crippen LogP contribution in [-0.2, 0) is 0 Å². The second-order valence-corrected chi connectivity index (χ2v) is 5.80. The monoisotopic (exact) mass is 417 g/mol. The smallest absolute Gasteiger partial charge is 0.191 e. The van der Waals surface area contributed by atoms with Gasteiger partial charge in [0.25, 0.3) is 0 Å². The van der Waals surface area contributed by atoms with E-state index < -0.39 is 0 Å². The maximum absolute atomic E-state index is 5.79. The van der Waals surface area contributed by atoms with Crippen molar-refractivity contribution >= 4 is 29.9 Å². The molecule has 5 heteroatoms. The summed E-state index contributed by atoms with van der Waals surface area (Å²) < 4.78 is 5.79. The molecule has 1 aliphatic rings. The average Bonchev–Trinajstić information content (AvgIpc) is 2.94. The Morgan fingerprint density at radius 3 is 2.41 bits per heavy atom. The summed E-state index contributed by atoms with van der Waals surface area (Å²) in [6.45, 7) is 5.56. The SMILES string of the molecule is CN=C(NCCOc1cc(C)cc(C)c1)NC1CCCC1.I. The van der Waals surface area contributed by atoms with Gasteiger partial charge >= 0.3 is 0 Å². The number of rotatable bonds is 5. The number of guanidine groups is 1. The molecule has 124 valence electrons. The first-order valence-electron chi connectivity index (χ1n) is 7.85. The van der Waals surface area contributed by atoms with E-state index in [0.29, 0.717) is 12.6 Å². The van der Waals surface area contributed by atoms with E-state index in [1.807, 2.05) is 7.05 Å². The molecule has 0 spiro atoms. The molecule has 1 aromatic carbocycles. The van der Waals surface area contributed by atoms with Crippen LogP contribution in [-0.4, -0.2) is 32.2 Å². The van der Waals surface area contributed by atoms with Crippen molar-refractivity contribution in [3.8, 4) is 5.75 Å². The third-order valence-corrected chi connectivity index (χ3v) is 3.78. The van der Waals surface area contributed by atoms with Crippen LogP contribution in [0.2, 0.25) is 0 Å². The molecule has 0 heterocycles. The summed E-state index contributed by atoms with van der Waals surface area (Å²) in [5, 5.41) is 6.78. The number of aryl methyl sites for hydroxylation is 2. The van der Waals surface area contributed by atoms with Crippen LogP contribution in [0.25, 0.3) is 0 Å². The Hall–Kier alpha value is -0.980. The number of halogens is 1. The largest absolute Gasteiger partial charge is 0.492 e.